The van der Waals surface area contributed by atoms with Gasteiger partial charge in [-0.3, -0.25) is 13.9 Å². The molecule has 0 heterocycles. The summed E-state index contributed by atoms with van der Waals surface area (Å²) < 4.78 is 34.4. The Morgan fingerprint density at radius 3 is 2.00 bits per heavy atom. The number of rotatable bonds is 13. The lowest BCUT2D eigenvalue weighted by Crippen LogP contribution is -2.56. The highest BCUT2D eigenvalue weighted by Crippen LogP contribution is 2.26. The number of sulfonamides is 1. The number of nitrogens with zero attached hydrogens (tertiary/aromatic N) is 2. The second kappa shape index (κ2) is 14.2. The molecule has 3 rings (SSSR count). The van der Waals surface area contributed by atoms with Crippen LogP contribution in [0.2, 0.25) is 0 Å². The molecule has 0 bridgehead atoms. The van der Waals surface area contributed by atoms with Crippen LogP contribution in [-0.2, 0) is 26.0 Å². The van der Waals surface area contributed by atoms with Gasteiger partial charge in [0.05, 0.1) is 17.2 Å². The molecule has 8 nitrogen and oxygen atoms in total. The van der Waals surface area contributed by atoms with E-state index in [1.165, 1.54) is 17.0 Å². The topological polar surface area (TPSA) is 96.0 Å². The molecule has 220 valence electrons. The number of carbonyl (C=O) groups is 2. The van der Waals surface area contributed by atoms with Crippen molar-refractivity contribution in [3.8, 4) is 5.75 Å². The summed E-state index contributed by atoms with van der Waals surface area (Å²) in [4.78, 5) is 29.0. The van der Waals surface area contributed by atoms with E-state index in [0.29, 0.717) is 30.9 Å². The molecule has 1 atom stereocenters. The van der Waals surface area contributed by atoms with E-state index in [0.717, 1.165) is 9.87 Å². The summed E-state index contributed by atoms with van der Waals surface area (Å²) >= 11 is 0. The smallest absolute Gasteiger partial charge is 0.264 e. The number of nitrogens with one attached hydrogen (secondary N) is 1. The van der Waals surface area contributed by atoms with Crippen LogP contribution >= 0.6 is 0 Å². The zero-order chi connectivity index (χ0) is 30.0. The Morgan fingerprint density at radius 1 is 0.878 bits per heavy atom. The van der Waals surface area contributed by atoms with Crippen molar-refractivity contribution in [1.29, 1.82) is 0 Å². The van der Waals surface area contributed by atoms with Gasteiger partial charge in [-0.25, -0.2) is 8.42 Å². The summed E-state index contributed by atoms with van der Waals surface area (Å²) in [7, 11) is -4.13. The second-order valence-electron chi connectivity index (χ2n) is 10.7. The molecule has 1 unspecified atom stereocenters. The Balaban J connectivity index is 1.99. The molecule has 0 aliphatic carbocycles. The van der Waals surface area contributed by atoms with Gasteiger partial charge in [-0.1, -0.05) is 55.5 Å². The van der Waals surface area contributed by atoms with Gasteiger partial charge in [-0.15, -0.1) is 0 Å². The van der Waals surface area contributed by atoms with Crippen molar-refractivity contribution in [3.05, 3.63) is 90.5 Å². The van der Waals surface area contributed by atoms with Gasteiger partial charge in [0.2, 0.25) is 11.8 Å². The van der Waals surface area contributed by atoms with Crippen LogP contribution in [0.3, 0.4) is 0 Å². The molecule has 0 saturated heterocycles. The minimum absolute atomic E-state index is 0.0333. The molecule has 3 aromatic carbocycles. The quantitative estimate of drug-likeness (QED) is 0.306. The van der Waals surface area contributed by atoms with E-state index in [4.69, 9.17) is 4.74 Å². The molecule has 0 aliphatic heterocycles. The highest BCUT2D eigenvalue weighted by atomic mass is 32.2. The summed E-state index contributed by atoms with van der Waals surface area (Å²) in [6.07, 6.45) is 0.891. The molecule has 3 aromatic rings. The highest BCUT2D eigenvalue weighted by molar-refractivity contribution is 7.92. The fourth-order valence-electron chi connectivity index (χ4n) is 4.47. The first-order valence-electron chi connectivity index (χ1n) is 13.9. The van der Waals surface area contributed by atoms with Crippen molar-refractivity contribution in [1.82, 2.24) is 10.2 Å². The first-order valence-corrected chi connectivity index (χ1v) is 15.4. The van der Waals surface area contributed by atoms with Crippen LogP contribution in [-0.4, -0.2) is 56.4 Å². The van der Waals surface area contributed by atoms with E-state index in [1.807, 2.05) is 65.0 Å². The van der Waals surface area contributed by atoms with Crippen LogP contribution < -0.4 is 14.4 Å². The Hall–Kier alpha value is -3.85. The van der Waals surface area contributed by atoms with Crippen LogP contribution in [0.1, 0.15) is 46.6 Å². The molecule has 0 fully saturated rings. The van der Waals surface area contributed by atoms with Crippen molar-refractivity contribution >= 4 is 27.5 Å². The van der Waals surface area contributed by atoms with E-state index in [-0.39, 0.29) is 17.3 Å². The van der Waals surface area contributed by atoms with E-state index in [1.54, 1.807) is 42.5 Å². The number of hydrogen-bond acceptors (Lipinski definition) is 5. The Labute approximate surface area is 244 Å². The minimum atomic E-state index is -4.13. The van der Waals surface area contributed by atoms with Crippen molar-refractivity contribution in [2.75, 3.05) is 24.0 Å². The van der Waals surface area contributed by atoms with Crippen LogP contribution in [0, 0.1) is 0 Å². The van der Waals surface area contributed by atoms with E-state index in [2.05, 4.69) is 5.32 Å². The SMILES string of the molecule is CCOc1ccc(S(=O)(=O)N(CC(=O)N(CCc2ccccc2)C(CC)C(=O)NC(C)(C)C)c2ccccc2)cc1. The lowest BCUT2D eigenvalue weighted by Gasteiger charge is -2.34. The van der Waals surface area contributed by atoms with E-state index >= 15 is 0 Å². The van der Waals surface area contributed by atoms with Gasteiger partial charge in [-0.2, -0.15) is 0 Å². The molecule has 0 radical (unpaired) electrons. The lowest BCUT2D eigenvalue weighted by molar-refractivity contribution is -0.140. The number of carbonyl (C=O) groups excluding carboxylic acids is 2. The molecule has 41 heavy (non-hydrogen) atoms. The van der Waals surface area contributed by atoms with Gasteiger partial charge in [0, 0.05) is 12.1 Å². The summed E-state index contributed by atoms with van der Waals surface area (Å²) in [6, 6.07) is 23.6. The van der Waals surface area contributed by atoms with E-state index in [9.17, 15) is 18.0 Å². The maximum Gasteiger partial charge on any atom is 0.264 e. The van der Waals surface area contributed by atoms with Crippen molar-refractivity contribution < 1.29 is 22.7 Å². The van der Waals surface area contributed by atoms with Crippen molar-refractivity contribution in [3.63, 3.8) is 0 Å². The number of para-hydroxylation sites is 1. The number of ether oxygens (including phenoxy) is 1. The van der Waals surface area contributed by atoms with Gasteiger partial charge in [0.1, 0.15) is 18.3 Å². The maximum atomic E-state index is 14.1. The predicted molar refractivity (Wildman–Crippen MR) is 162 cm³/mol. The van der Waals surface area contributed by atoms with Gasteiger partial charge in [0.15, 0.2) is 0 Å². The Bertz CT molecular complexity index is 1370. The van der Waals surface area contributed by atoms with Gasteiger partial charge in [0.25, 0.3) is 10.0 Å². The predicted octanol–water partition coefficient (Wildman–Crippen LogP) is 5.05. The molecule has 1 N–H and O–H groups in total. The number of anilines is 1. The molecular weight excluding hydrogens is 538 g/mol. The molecule has 0 spiro atoms. The molecule has 0 aliphatic rings. The standard InChI is InChI=1S/C32H41N3O5S/c1-6-29(31(37)33-32(3,4)5)34(23-22-25-14-10-8-11-15-25)30(36)24-35(26-16-12-9-13-17-26)41(38,39)28-20-18-27(19-21-28)40-7-2/h8-21,29H,6-7,22-24H2,1-5H3,(H,33,37). The third-order valence-corrected chi connectivity index (χ3v) is 8.20. The zero-order valence-corrected chi connectivity index (χ0v) is 25.4. The minimum Gasteiger partial charge on any atom is -0.494 e. The number of benzene rings is 3. The summed E-state index contributed by atoms with van der Waals surface area (Å²) in [5, 5.41) is 2.98. The number of hydrogen-bond donors (Lipinski definition) is 1. The average Bonchev–Trinajstić information content (AvgIpc) is 2.94. The molecule has 0 aromatic heterocycles. The van der Waals surface area contributed by atoms with Crippen molar-refractivity contribution in [2.24, 2.45) is 0 Å². The average molecular weight is 580 g/mol. The summed E-state index contributed by atoms with van der Waals surface area (Å²) in [6.45, 7) is 9.59. The molecule has 2 amide bonds. The Kier molecular flexibility index (Phi) is 10.9. The first-order chi connectivity index (χ1) is 19.5. The van der Waals surface area contributed by atoms with Gasteiger partial charge >= 0.3 is 0 Å². The van der Waals surface area contributed by atoms with Crippen LogP contribution in [0.15, 0.2) is 89.8 Å². The fourth-order valence-corrected chi connectivity index (χ4v) is 5.89. The van der Waals surface area contributed by atoms with Gasteiger partial charge < -0.3 is 15.0 Å². The fraction of sp³-hybridized carbons (Fsp3) is 0.375. The summed E-state index contributed by atoms with van der Waals surface area (Å²) in [5.41, 5.74) is 0.870. The molecular formula is C32H41N3O5S. The maximum absolute atomic E-state index is 14.1. The third kappa shape index (κ3) is 8.82. The lowest BCUT2D eigenvalue weighted by atomic mass is 10.1. The molecule has 9 heteroatoms. The normalized spacial score (nSPS) is 12.3. The summed E-state index contributed by atoms with van der Waals surface area (Å²) in [5.74, 6) is -0.186. The largest absolute Gasteiger partial charge is 0.494 e. The van der Waals surface area contributed by atoms with Crippen LogP contribution in [0.4, 0.5) is 5.69 Å². The Morgan fingerprint density at radius 2 is 1.46 bits per heavy atom. The van der Waals surface area contributed by atoms with Crippen LogP contribution in [0.5, 0.6) is 5.75 Å². The highest BCUT2D eigenvalue weighted by Gasteiger charge is 2.34. The second-order valence-corrected chi connectivity index (χ2v) is 12.6. The molecule has 0 saturated carbocycles. The third-order valence-electron chi connectivity index (χ3n) is 6.41. The zero-order valence-electron chi connectivity index (χ0n) is 24.5. The van der Waals surface area contributed by atoms with Gasteiger partial charge in [-0.05, 0) is 82.5 Å². The van der Waals surface area contributed by atoms with Crippen LogP contribution in [0.25, 0.3) is 0 Å². The first kappa shape index (κ1) is 31.7. The number of amides is 2. The monoisotopic (exact) mass is 579 g/mol. The van der Waals surface area contributed by atoms with Crippen molar-refractivity contribution in [2.45, 2.75) is 63.9 Å². The van der Waals surface area contributed by atoms with E-state index < -0.39 is 34.1 Å².